The predicted octanol–water partition coefficient (Wildman–Crippen LogP) is 5.04. The summed E-state index contributed by atoms with van der Waals surface area (Å²) in [4.78, 5) is 0. The molecule has 3 rings (SSSR count). The van der Waals surface area contributed by atoms with Crippen LogP contribution in [0.2, 0.25) is 0 Å². The van der Waals surface area contributed by atoms with E-state index >= 15 is 0 Å². The minimum absolute atomic E-state index is 0.0729. The first-order chi connectivity index (χ1) is 13.1. The van der Waals surface area contributed by atoms with E-state index in [1.165, 1.54) is 5.56 Å². The molecule has 0 bridgehead atoms. The molecule has 0 fully saturated rings. The second kappa shape index (κ2) is 9.36. The molecule has 0 radical (unpaired) electrons. The zero-order valence-electron chi connectivity index (χ0n) is 15.9. The normalized spacial score (nSPS) is 14.3. The monoisotopic (exact) mass is 361 g/mol. The average Bonchev–Trinajstić information content (AvgIpc) is 2.73. The number of hydrogen-bond acceptors (Lipinski definition) is 3. The van der Waals surface area contributed by atoms with Crippen molar-refractivity contribution in [2.75, 3.05) is 0 Å². The van der Waals surface area contributed by atoms with Crippen LogP contribution < -0.4 is 10.1 Å². The van der Waals surface area contributed by atoms with Crippen LogP contribution in [-0.4, -0.2) is 11.1 Å². The summed E-state index contributed by atoms with van der Waals surface area (Å²) in [5.41, 5.74) is 3.22. The summed E-state index contributed by atoms with van der Waals surface area (Å²) < 4.78 is 5.81. The van der Waals surface area contributed by atoms with Crippen molar-refractivity contribution < 1.29 is 9.84 Å². The summed E-state index contributed by atoms with van der Waals surface area (Å²) in [5, 5.41) is 14.2. The smallest absolute Gasteiger partial charge is 0.119 e. The molecule has 0 aliphatic rings. The molecule has 140 valence electrons. The van der Waals surface area contributed by atoms with Crippen LogP contribution in [0.15, 0.2) is 84.9 Å². The molecule has 0 heterocycles. The first-order valence-corrected chi connectivity index (χ1v) is 9.39. The highest BCUT2D eigenvalue weighted by molar-refractivity contribution is 5.30. The SMILES string of the molecule is C[C@H](N[C@H](C)[C@@H](O)c1ccc(OCc2ccccc2)cc1)c1ccccc1. The van der Waals surface area contributed by atoms with Gasteiger partial charge in [-0.1, -0.05) is 72.8 Å². The third kappa shape index (κ3) is 5.43. The van der Waals surface area contributed by atoms with E-state index in [9.17, 15) is 5.11 Å². The Morgan fingerprint density at radius 2 is 1.37 bits per heavy atom. The average molecular weight is 361 g/mol. The van der Waals surface area contributed by atoms with Crippen molar-refractivity contribution in [3.63, 3.8) is 0 Å². The summed E-state index contributed by atoms with van der Waals surface area (Å²) in [6.45, 7) is 4.65. The van der Waals surface area contributed by atoms with Gasteiger partial charge in [0.05, 0.1) is 6.10 Å². The highest BCUT2D eigenvalue weighted by atomic mass is 16.5. The van der Waals surface area contributed by atoms with Crippen LogP contribution in [0.4, 0.5) is 0 Å². The molecule has 3 aromatic carbocycles. The number of benzene rings is 3. The summed E-state index contributed by atoms with van der Waals surface area (Å²) in [5.74, 6) is 0.799. The largest absolute Gasteiger partial charge is 0.489 e. The van der Waals surface area contributed by atoms with Crippen molar-refractivity contribution in [2.24, 2.45) is 0 Å². The van der Waals surface area contributed by atoms with Crippen molar-refractivity contribution in [1.29, 1.82) is 0 Å². The van der Waals surface area contributed by atoms with Crippen LogP contribution in [0, 0.1) is 0 Å². The molecule has 0 aliphatic heterocycles. The second-order valence-electron chi connectivity index (χ2n) is 6.88. The van der Waals surface area contributed by atoms with Crippen molar-refractivity contribution >= 4 is 0 Å². The van der Waals surface area contributed by atoms with Gasteiger partial charge in [0.25, 0.3) is 0 Å². The quantitative estimate of drug-likeness (QED) is 0.591. The van der Waals surface area contributed by atoms with Gasteiger partial charge in [-0.25, -0.2) is 0 Å². The highest BCUT2D eigenvalue weighted by Crippen LogP contribution is 2.23. The Bertz CT molecular complexity index is 803. The third-order valence-electron chi connectivity index (χ3n) is 4.76. The Morgan fingerprint density at radius 3 is 2.00 bits per heavy atom. The third-order valence-corrected chi connectivity index (χ3v) is 4.76. The lowest BCUT2D eigenvalue weighted by molar-refractivity contribution is 0.130. The second-order valence-corrected chi connectivity index (χ2v) is 6.88. The number of nitrogens with one attached hydrogen (secondary N) is 1. The van der Waals surface area contributed by atoms with E-state index in [-0.39, 0.29) is 12.1 Å². The molecule has 0 unspecified atom stereocenters. The maximum Gasteiger partial charge on any atom is 0.119 e. The number of aliphatic hydroxyl groups excluding tert-OH is 1. The Hall–Kier alpha value is -2.62. The van der Waals surface area contributed by atoms with Gasteiger partial charge >= 0.3 is 0 Å². The van der Waals surface area contributed by atoms with Crippen LogP contribution in [-0.2, 0) is 6.61 Å². The zero-order chi connectivity index (χ0) is 19.1. The van der Waals surface area contributed by atoms with Gasteiger partial charge in [-0.15, -0.1) is 0 Å². The molecule has 2 N–H and O–H groups in total. The Balaban J connectivity index is 1.55. The fourth-order valence-corrected chi connectivity index (χ4v) is 3.11. The molecule has 0 aliphatic carbocycles. The highest BCUT2D eigenvalue weighted by Gasteiger charge is 2.18. The molecule has 3 atom stereocenters. The lowest BCUT2D eigenvalue weighted by Crippen LogP contribution is -2.34. The maximum absolute atomic E-state index is 10.7. The Kier molecular flexibility index (Phi) is 6.64. The number of aliphatic hydroxyl groups is 1. The standard InChI is InChI=1S/C24H27NO2/c1-18(21-11-7-4-8-12-21)25-19(2)24(26)22-13-15-23(16-14-22)27-17-20-9-5-3-6-10-20/h3-16,18-19,24-26H,17H2,1-2H3/t18-,19+,24+/m0/s1. The van der Waals surface area contributed by atoms with E-state index < -0.39 is 6.10 Å². The lowest BCUT2D eigenvalue weighted by Gasteiger charge is -2.25. The summed E-state index contributed by atoms with van der Waals surface area (Å²) in [6.07, 6.45) is -0.584. The van der Waals surface area contributed by atoms with E-state index in [0.717, 1.165) is 16.9 Å². The van der Waals surface area contributed by atoms with Gasteiger partial charge in [0.15, 0.2) is 0 Å². The van der Waals surface area contributed by atoms with E-state index in [1.54, 1.807) is 0 Å². The van der Waals surface area contributed by atoms with Gasteiger partial charge in [0, 0.05) is 12.1 Å². The summed E-state index contributed by atoms with van der Waals surface area (Å²) in [6, 6.07) is 28.1. The molecule has 0 aromatic heterocycles. The molecule has 3 aromatic rings. The van der Waals surface area contributed by atoms with Gasteiger partial charge in [-0.2, -0.15) is 0 Å². The molecule has 0 saturated carbocycles. The minimum Gasteiger partial charge on any atom is -0.489 e. The van der Waals surface area contributed by atoms with Crippen molar-refractivity contribution in [3.8, 4) is 5.75 Å². The molecule has 3 heteroatoms. The Morgan fingerprint density at radius 1 is 0.778 bits per heavy atom. The van der Waals surface area contributed by atoms with Crippen LogP contribution in [0.5, 0.6) is 5.75 Å². The molecule has 0 saturated heterocycles. The number of rotatable bonds is 8. The first-order valence-electron chi connectivity index (χ1n) is 9.39. The van der Waals surface area contributed by atoms with Crippen molar-refractivity contribution in [1.82, 2.24) is 5.32 Å². The van der Waals surface area contributed by atoms with Gasteiger partial charge in [-0.3, -0.25) is 0 Å². The van der Waals surface area contributed by atoms with Crippen LogP contribution in [0.3, 0.4) is 0 Å². The van der Waals surface area contributed by atoms with Gasteiger partial charge in [0.1, 0.15) is 12.4 Å². The molecule has 0 spiro atoms. The number of hydrogen-bond donors (Lipinski definition) is 2. The first kappa shape index (κ1) is 19.2. The summed E-state index contributed by atoms with van der Waals surface area (Å²) >= 11 is 0. The number of ether oxygens (including phenoxy) is 1. The maximum atomic E-state index is 10.7. The fourth-order valence-electron chi connectivity index (χ4n) is 3.11. The van der Waals surface area contributed by atoms with E-state index in [0.29, 0.717) is 6.61 Å². The van der Waals surface area contributed by atoms with E-state index in [2.05, 4.69) is 24.4 Å². The molecular weight excluding hydrogens is 334 g/mol. The molecule has 27 heavy (non-hydrogen) atoms. The van der Waals surface area contributed by atoms with Crippen LogP contribution >= 0.6 is 0 Å². The zero-order valence-corrected chi connectivity index (χ0v) is 15.9. The van der Waals surface area contributed by atoms with Crippen molar-refractivity contribution in [2.45, 2.75) is 38.6 Å². The van der Waals surface area contributed by atoms with E-state index in [4.69, 9.17) is 4.74 Å². The van der Waals surface area contributed by atoms with Crippen molar-refractivity contribution in [3.05, 3.63) is 102 Å². The Labute approximate surface area is 161 Å². The van der Waals surface area contributed by atoms with Crippen LogP contribution in [0.25, 0.3) is 0 Å². The molecule has 3 nitrogen and oxygen atoms in total. The van der Waals surface area contributed by atoms with Gasteiger partial charge < -0.3 is 15.2 Å². The lowest BCUT2D eigenvalue weighted by atomic mass is 10.0. The van der Waals surface area contributed by atoms with Crippen LogP contribution in [0.1, 0.15) is 42.7 Å². The summed E-state index contributed by atoms with van der Waals surface area (Å²) in [7, 11) is 0. The van der Waals surface area contributed by atoms with E-state index in [1.807, 2.05) is 79.7 Å². The fraction of sp³-hybridized carbons (Fsp3) is 0.250. The van der Waals surface area contributed by atoms with Gasteiger partial charge in [0.2, 0.25) is 0 Å². The molecular formula is C24H27NO2. The minimum atomic E-state index is -0.584. The van der Waals surface area contributed by atoms with Gasteiger partial charge in [-0.05, 0) is 42.7 Å². The predicted molar refractivity (Wildman–Crippen MR) is 110 cm³/mol. The topological polar surface area (TPSA) is 41.5 Å². The molecule has 0 amide bonds.